The van der Waals surface area contributed by atoms with Crippen LogP contribution in [-0.4, -0.2) is 19.9 Å². The van der Waals surface area contributed by atoms with Crippen molar-refractivity contribution in [3.63, 3.8) is 0 Å². The molecule has 0 spiro atoms. The van der Waals surface area contributed by atoms with Gasteiger partial charge in [0.15, 0.2) is 5.82 Å². The summed E-state index contributed by atoms with van der Waals surface area (Å²) in [4.78, 5) is 17.9. The third-order valence-electron chi connectivity index (χ3n) is 4.73. The molecule has 4 nitrogen and oxygen atoms in total. The maximum Gasteiger partial charge on any atom is 0.162 e. The van der Waals surface area contributed by atoms with Crippen molar-refractivity contribution in [3.8, 4) is 11.4 Å². The predicted octanol–water partition coefficient (Wildman–Crippen LogP) is 4.51. The summed E-state index contributed by atoms with van der Waals surface area (Å²) in [6, 6.07) is 0. The van der Waals surface area contributed by atoms with E-state index < -0.39 is 0 Å². The van der Waals surface area contributed by atoms with Crippen molar-refractivity contribution in [2.45, 2.75) is 44.4 Å². The van der Waals surface area contributed by atoms with Gasteiger partial charge in [0.05, 0.1) is 5.56 Å². The lowest BCUT2D eigenvalue weighted by Gasteiger charge is -2.26. The molecule has 124 valence electrons. The van der Waals surface area contributed by atoms with Crippen LogP contribution < -0.4 is 0 Å². The molecule has 0 aliphatic heterocycles. The van der Waals surface area contributed by atoms with Crippen molar-refractivity contribution in [3.05, 3.63) is 61.5 Å². The lowest BCUT2D eigenvalue weighted by atomic mass is 9.80. The van der Waals surface area contributed by atoms with Gasteiger partial charge in [-0.05, 0) is 50.0 Å². The Hall–Kier alpha value is -2.36. The molecule has 4 heteroatoms. The smallest absolute Gasteiger partial charge is 0.162 e. The standard InChI is InChI=1S/C20H24N4/c1-3-5-15-7-9-17(10-8-15)19-23-13-18(14-24-19)20-21-11-16(6-4-2)12-22-20/h3-4,11-15,17H,1-2,5-10H2. The van der Waals surface area contributed by atoms with Crippen LogP contribution >= 0.6 is 0 Å². The highest BCUT2D eigenvalue weighted by atomic mass is 14.9. The monoisotopic (exact) mass is 320 g/mol. The normalized spacial score (nSPS) is 20.5. The molecule has 2 aromatic rings. The summed E-state index contributed by atoms with van der Waals surface area (Å²) in [7, 11) is 0. The molecule has 24 heavy (non-hydrogen) atoms. The maximum absolute atomic E-state index is 4.58. The third kappa shape index (κ3) is 3.94. The summed E-state index contributed by atoms with van der Waals surface area (Å²) >= 11 is 0. The fourth-order valence-corrected chi connectivity index (χ4v) is 3.33. The Kier molecular flexibility index (Phi) is 5.47. The van der Waals surface area contributed by atoms with Crippen LogP contribution in [0, 0.1) is 5.92 Å². The van der Waals surface area contributed by atoms with Gasteiger partial charge >= 0.3 is 0 Å². The SMILES string of the molecule is C=CCc1cnc(-c2cnc(C3CCC(CC=C)CC3)nc2)nc1. The van der Waals surface area contributed by atoms with Crippen LogP contribution in [0.3, 0.4) is 0 Å². The fourth-order valence-electron chi connectivity index (χ4n) is 3.33. The van der Waals surface area contributed by atoms with Gasteiger partial charge in [0.25, 0.3) is 0 Å². The number of aromatic nitrogens is 4. The Morgan fingerprint density at radius 1 is 0.875 bits per heavy atom. The van der Waals surface area contributed by atoms with Gasteiger partial charge in [-0.2, -0.15) is 0 Å². The Morgan fingerprint density at radius 3 is 2.12 bits per heavy atom. The van der Waals surface area contributed by atoms with Crippen LogP contribution in [0.15, 0.2) is 50.1 Å². The molecule has 0 unspecified atom stereocenters. The van der Waals surface area contributed by atoms with E-state index in [0.717, 1.165) is 35.7 Å². The topological polar surface area (TPSA) is 51.6 Å². The second kappa shape index (κ2) is 7.95. The van der Waals surface area contributed by atoms with Gasteiger partial charge in [-0.15, -0.1) is 13.2 Å². The molecule has 0 atom stereocenters. The van der Waals surface area contributed by atoms with Gasteiger partial charge in [0.2, 0.25) is 0 Å². The van der Waals surface area contributed by atoms with E-state index in [4.69, 9.17) is 0 Å². The Morgan fingerprint density at radius 2 is 1.54 bits per heavy atom. The van der Waals surface area contributed by atoms with E-state index in [9.17, 15) is 0 Å². The van der Waals surface area contributed by atoms with Crippen LogP contribution in [0.4, 0.5) is 0 Å². The molecule has 2 heterocycles. The molecule has 2 aromatic heterocycles. The van der Waals surface area contributed by atoms with E-state index in [1.807, 2.05) is 36.9 Å². The molecule has 1 aliphatic rings. The molecule has 0 bridgehead atoms. The van der Waals surface area contributed by atoms with Crippen molar-refractivity contribution in [1.82, 2.24) is 19.9 Å². The molecular weight excluding hydrogens is 296 g/mol. The molecule has 0 radical (unpaired) electrons. The summed E-state index contributed by atoms with van der Waals surface area (Å²) in [5.74, 6) is 2.90. The summed E-state index contributed by atoms with van der Waals surface area (Å²) in [6.45, 7) is 7.57. The van der Waals surface area contributed by atoms with Crippen LogP contribution in [0.5, 0.6) is 0 Å². The van der Waals surface area contributed by atoms with Gasteiger partial charge in [0, 0.05) is 30.7 Å². The van der Waals surface area contributed by atoms with E-state index >= 15 is 0 Å². The van der Waals surface area contributed by atoms with Gasteiger partial charge in [-0.25, -0.2) is 19.9 Å². The number of allylic oxidation sites excluding steroid dienone is 2. The minimum Gasteiger partial charge on any atom is -0.240 e. The maximum atomic E-state index is 4.58. The second-order valence-corrected chi connectivity index (χ2v) is 6.48. The highest BCUT2D eigenvalue weighted by molar-refractivity contribution is 5.51. The molecule has 3 rings (SSSR count). The van der Waals surface area contributed by atoms with Crippen LogP contribution in [0.25, 0.3) is 11.4 Å². The molecule has 1 aliphatic carbocycles. The summed E-state index contributed by atoms with van der Waals surface area (Å²) in [5, 5.41) is 0. The summed E-state index contributed by atoms with van der Waals surface area (Å²) in [6.07, 6.45) is 18.0. The van der Waals surface area contributed by atoms with Crippen molar-refractivity contribution in [2.75, 3.05) is 0 Å². The zero-order valence-corrected chi connectivity index (χ0v) is 14.1. The molecule has 0 N–H and O–H groups in total. The van der Waals surface area contributed by atoms with Gasteiger partial charge < -0.3 is 0 Å². The highest BCUT2D eigenvalue weighted by Gasteiger charge is 2.23. The van der Waals surface area contributed by atoms with E-state index in [-0.39, 0.29) is 0 Å². The van der Waals surface area contributed by atoms with Crippen LogP contribution in [0.2, 0.25) is 0 Å². The molecule has 0 aromatic carbocycles. The third-order valence-corrected chi connectivity index (χ3v) is 4.73. The number of rotatable bonds is 6. The number of hydrogen-bond acceptors (Lipinski definition) is 4. The lowest BCUT2D eigenvalue weighted by molar-refractivity contribution is 0.321. The van der Waals surface area contributed by atoms with E-state index in [1.54, 1.807) is 0 Å². The molecular formula is C20H24N4. The first-order chi connectivity index (χ1) is 11.8. The van der Waals surface area contributed by atoms with Crippen molar-refractivity contribution >= 4 is 0 Å². The number of nitrogens with zero attached hydrogens (tertiary/aromatic N) is 4. The number of hydrogen-bond donors (Lipinski definition) is 0. The van der Waals surface area contributed by atoms with Gasteiger partial charge in [-0.3, -0.25) is 0 Å². The summed E-state index contributed by atoms with van der Waals surface area (Å²) in [5.41, 5.74) is 1.92. The van der Waals surface area contributed by atoms with E-state index in [2.05, 4.69) is 33.1 Å². The first-order valence-electron chi connectivity index (χ1n) is 8.65. The summed E-state index contributed by atoms with van der Waals surface area (Å²) < 4.78 is 0. The quantitative estimate of drug-likeness (QED) is 0.735. The van der Waals surface area contributed by atoms with Crippen LogP contribution in [0.1, 0.15) is 49.4 Å². The average Bonchev–Trinajstić information content (AvgIpc) is 2.64. The molecule has 1 fully saturated rings. The molecule has 0 amide bonds. The second-order valence-electron chi connectivity index (χ2n) is 6.48. The van der Waals surface area contributed by atoms with E-state index in [1.165, 1.54) is 25.7 Å². The predicted molar refractivity (Wildman–Crippen MR) is 96.5 cm³/mol. The Labute approximate surface area is 143 Å². The average molecular weight is 320 g/mol. The Bertz CT molecular complexity index is 668. The Balaban J connectivity index is 1.65. The highest BCUT2D eigenvalue weighted by Crippen LogP contribution is 2.35. The first-order valence-corrected chi connectivity index (χ1v) is 8.65. The minimum atomic E-state index is 0.482. The van der Waals surface area contributed by atoms with E-state index in [0.29, 0.717) is 11.7 Å². The zero-order valence-electron chi connectivity index (χ0n) is 14.1. The zero-order chi connectivity index (χ0) is 16.8. The largest absolute Gasteiger partial charge is 0.240 e. The molecule has 1 saturated carbocycles. The minimum absolute atomic E-state index is 0.482. The first kappa shape index (κ1) is 16.5. The fraction of sp³-hybridized carbons (Fsp3) is 0.400. The van der Waals surface area contributed by atoms with Crippen LogP contribution in [-0.2, 0) is 6.42 Å². The van der Waals surface area contributed by atoms with Crippen molar-refractivity contribution < 1.29 is 0 Å². The van der Waals surface area contributed by atoms with Crippen molar-refractivity contribution in [1.29, 1.82) is 0 Å². The van der Waals surface area contributed by atoms with Crippen molar-refractivity contribution in [2.24, 2.45) is 5.92 Å². The molecule has 0 saturated heterocycles. The van der Waals surface area contributed by atoms with Gasteiger partial charge in [0.1, 0.15) is 5.82 Å². The van der Waals surface area contributed by atoms with Gasteiger partial charge in [-0.1, -0.05) is 12.2 Å². The lowest BCUT2D eigenvalue weighted by Crippen LogP contribution is -2.15.